The molecule has 0 aliphatic carbocycles. The Kier molecular flexibility index (Phi) is 4.39. The van der Waals surface area contributed by atoms with Gasteiger partial charge in [0.05, 0.1) is 5.69 Å². The maximum absolute atomic E-state index is 12.7. The number of amides is 2. The number of carbonyl (C=O) groups excluding carboxylic acids is 2. The summed E-state index contributed by atoms with van der Waals surface area (Å²) in [7, 11) is 0. The summed E-state index contributed by atoms with van der Waals surface area (Å²) in [5.74, 6) is -2.62. The fourth-order valence-corrected chi connectivity index (χ4v) is 1.68. The van der Waals surface area contributed by atoms with Crippen LogP contribution in [0.25, 0.3) is 0 Å². The van der Waals surface area contributed by atoms with Gasteiger partial charge in [0.15, 0.2) is 0 Å². The molecule has 2 aromatic carbocycles. The second kappa shape index (κ2) is 6.23. The summed E-state index contributed by atoms with van der Waals surface area (Å²) in [5, 5.41) is 14.3. The van der Waals surface area contributed by atoms with Crippen LogP contribution in [-0.2, 0) is 9.59 Å². The summed E-state index contributed by atoms with van der Waals surface area (Å²) in [5.41, 5.74) is 0.286. The van der Waals surface area contributed by atoms with Crippen LogP contribution in [0, 0.1) is 5.82 Å². The lowest BCUT2D eigenvalue weighted by Gasteiger charge is -2.08. The van der Waals surface area contributed by atoms with Crippen molar-refractivity contribution >= 4 is 34.8 Å². The van der Waals surface area contributed by atoms with E-state index < -0.39 is 17.6 Å². The standard InChI is InChI=1S/C14H10ClFN2O3/c15-8-1-6-12(19)11(7-8)18-14(21)13(20)17-10-4-2-9(16)3-5-10/h1-7,19H,(H,17,20)(H,18,21). The summed E-state index contributed by atoms with van der Waals surface area (Å²) in [6.07, 6.45) is 0. The van der Waals surface area contributed by atoms with Gasteiger partial charge in [-0.2, -0.15) is 0 Å². The number of halogens is 2. The molecule has 0 aliphatic rings. The van der Waals surface area contributed by atoms with Gasteiger partial charge in [0, 0.05) is 10.7 Å². The number of hydrogen-bond donors (Lipinski definition) is 3. The van der Waals surface area contributed by atoms with Crippen LogP contribution in [0.1, 0.15) is 0 Å². The van der Waals surface area contributed by atoms with Crippen molar-refractivity contribution < 1.29 is 19.1 Å². The number of phenols is 1. The molecule has 2 rings (SSSR count). The molecule has 0 fully saturated rings. The molecule has 108 valence electrons. The molecule has 5 nitrogen and oxygen atoms in total. The van der Waals surface area contributed by atoms with Gasteiger partial charge in [-0.1, -0.05) is 11.6 Å². The first-order valence-corrected chi connectivity index (χ1v) is 6.20. The highest BCUT2D eigenvalue weighted by atomic mass is 35.5. The van der Waals surface area contributed by atoms with Crippen molar-refractivity contribution in [3.8, 4) is 5.75 Å². The van der Waals surface area contributed by atoms with Gasteiger partial charge in [0.1, 0.15) is 11.6 Å². The van der Waals surface area contributed by atoms with Crippen LogP contribution in [-0.4, -0.2) is 16.9 Å². The highest BCUT2D eigenvalue weighted by molar-refractivity contribution is 6.44. The second-order valence-corrected chi connectivity index (χ2v) is 4.51. The van der Waals surface area contributed by atoms with Gasteiger partial charge in [-0.25, -0.2) is 4.39 Å². The molecule has 21 heavy (non-hydrogen) atoms. The number of anilines is 2. The Morgan fingerprint density at radius 2 is 1.62 bits per heavy atom. The summed E-state index contributed by atoms with van der Waals surface area (Å²) in [6, 6.07) is 8.96. The zero-order chi connectivity index (χ0) is 15.4. The number of phenolic OH excluding ortho intramolecular Hbond substituents is 1. The number of rotatable bonds is 2. The van der Waals surface area contributed by atoms with Crippen LogP contribution < -0.4 is 10.6 Å². The topological polar surface area (TPSA) is 78.4 Å². The first kappa shape index (κ1) is 14.8. The SMILES string of the molecule is O=C(Nc1ccc(F)cc1)C(=O)Nc1cc(Cl)ccc1O. The molecule has 2 amide bonds. The van der Waals surface area contributed by atoms with Crippen LogP contribution >= 0.6 is 11.6 Å². The van der Waals surface area contributed by atoms with Crippen molar-refractivity contribution in [2.24, 2.45) is 0 Å². The van der Waals surface area contributed by atoms with E-state index in [1.807, 2.05) is 0 Å². The van der Waals surface area contributed by atoms with E-state index in [9.17, 15) is 19.1 Å². The van der Waals surface area contributed by atoms with Crippen LogP contribution in [0.3, 0.4) is 0 Å². The minimum Gasteiger partial charge on any atom is -0.506 e. The molecule has 0 unspecified atom stereocenters. The first-order valence-electron chi connectivity index (χ1n) is 5.82. The van der Waals surface area contributed by atoms with E-state index in [1.165, 1.54) is 30.3 Å². The Morgan fingerprint density at radius 3 is 2.29 bits per heavy atom. The van der Waals surface area contributed by atoms with Gasteiger partial charge in [-0.3, -0.25) is 9.59 Å². The van der Waals surface area contributed by atoms with E-state index in [0.717, 1.165) is 12.1 Å². The van der Waals surface area contributed by atoms with Gasteiger partial charge < -0.3 is 15.7 Å². The Labute approximate surface area is 124 Å². The van der Waals surface area contributed by atoms with Crippen molar-refractivity contribution in [3.63, 3.8) is 0 Å². The summed E-state index contributed by atoms with van der Waals surface area (Å²) in [6.45, 7) is 0. The molecule has 0 bridgehead atoms. The smallest absolute Gasteiger partial charge is 0.314 e. The molecule has 0 atom stereocenters. The lowest BCUT2D eigenvalue weighted by molar-refractivity contribution is -0.133. The van der Waals surface area contributed by atoms with Crippen molar-refractivity contribution in [1.29, 1.82) is 0 Å². The lowest BCUT2D eigenvalue weighted by atomic mass is 10.3. The van der Waals surface area contributed by atoms with Crippen molar-refractivity contribution in [2.75, 3.05) is 10.6 Å². The predicted molar refractivity (Wildman–Crippen MR) is 76.8 cm³/mol. The molecular weight excluding hydrogens is 299 g/mol. The number of hydrogen-bond acceptors (Lipinski definition) is 3. The third-order valence-corrected chi connectivity index (χ3v) is 2.75. The number of nitrogens with one attached hydrogen (secondary N) is 2. The number of carbonyl (C=O) groups is 2. The van der Waals surface area contributed by atoms with Crippen molar-refractivity contribution in [1.82, 2.24) is 0 Å². The average Bonchev–Trinajstić information content (AvgIpc) is 2.45. The minimum absolute atomic E-state index is 0.0155. The molecule has 0 spiro atoms. The van der Waals surface area contributed by atoms with E-state index in [2.05, 4.69) is 10.6 Å². The third-order valence-electron chi connectivity index (χ3n) is 2.52. The number of aromatic hydroxyl groups is 1. The van der Waals surface area contributed by atoms with Crippen LogP contribution in [0.15, 0.2) is 42.5 Å². The molecule has 3 N–H and O–H groups in total. The van der Waals surface area contributed by atoms with E-state index in [0.29, 0.717) is 5.02 Å². The maximum Gasteiger partial charge on any atom is 0.314 e. The fraction of sp³-hybridized carbons (Fsp3) is 0. The molecule has 0 saturated carbocycles. The lowest BCUT2D eigenvalue weighted by Crippen LogP contribution is -2.29. The average molecular weight is 309 g/mol. The highest BCUT2D eigenvalue weighted by Crippen LogP contribution is 2.26. The van der Waals surface area contributed by atoms with Gasteiger partial charge in [0.25, 0.3) is 0 Å². The molecule has 0 heterocycles. The van der Waals surface area contributed by atoms with Crippen LogP contribution in [0.5, 0.6) is 5.75 Å². The second-order valence-electron chi connectivity index (χ2n) is 4.08. The monoisotopic (exact) mass is 308 g/mol. The summed E-state index contributed by atoms with van der Waals surface area (Å²) >= 11 is 5.73. The van der Waals surface area contributed by atoms with Gasteiger partial charge >= 0.3 is 11.8 Å². The molecule has 0 saturated heterocycles. The van der Waals surface area contributed by atoms with Crippen LogP contribution in [0.2, 0.25) is 5.02 Å². The quantitative estimate of drug-likeness (QED) is 0.589. The maximum atomic E-state index is 12.7. The Balaban J connectivity index is 2.04. The predicted octanol–water partition coefficient (Wildman–Crippen LogP) is 2.76. The summed E-state index contributed by atoms with van der Waals surface area (Å²) in [4.78, 5) is 23.4. The van der Waals surface area contributed by atoms with Gasteiger partial charge in [-0.05, 0) is 42.5 Å². The number of benzene rings is 2. The zero-order valence-electron chi connectivity index (χ0n) is 10.6. The van der Waals surface area contributed by atoms with Gasteiger partial charge in [0.2, 0.25) is 0 Å². The molecular formula is C14H10ClFN2O3. The van der Waals surface area contributed by atoms with E-state index in [-0.39, 0.29) is 17.1 Å². The molecule has 0 aromatic heterocycles. The van der Waals surface area contributed by atoms with Gasteiger partial charge in [-0.15, -0.1) is 0 Å². The van der Waals surface area contributed by atoms with E-state index in [4.69, 9.17) is 11.6 Å². The highest BCUT2D eigenvalue weighted by Gasteiger charge is 2.16. The molecule has 7 heteroatoms. The minimum atomic E-state index is -0.989. The van der Waals surface area contributed by atoms with E-state index >= 15 is 0 Å². The Hall–Kier alpha value is -2.60. The molecule has 0 radical (unpaired) electrons. The summed E-state index contributed by atoms with van der Waals surface area (Å²) < 4.78 is 12.7. The van der Waals surface area contributed by atoms with Crippen molar-refractivity contribution in [2.45, 2.75) is 0 Å². The molecule has 0 aliphatic heterocycles. The molecule has 2 aromatic rings. The third kappa shape index (κ3) is 3.93. The normalized spacial score (nSPS) is 10.0. The first-order chi connectivity index (χ1) is 9.95. The van der Waals surface area contributed by atoms with Crippen molar-refractivity contribution in [3.05, 3.63) is 53.3 Å². The zero-order valence-corrected chi connectivity index (χ0v) is 11.3. The van der Waals surface area contributed by atoms with E-state index in [1.54, 1.807) is 0 Å². The fourth-order valence-electron chi connectivity index (χ4n) is 1.51. The Morgan fingerprint density at radius 1 is 1.00 bits per heavy atom. The van der Waals surface area contributed by atoms with Crippen LogP contribution in [0.4, 0.5) is 15.8 Å². The largest absolute Gasteiger partial charge is 0.506 e. The Bertz CT molecular complexity index is 689.